The number of hydrogen-bond donors (Lipinski definition) is 0. The maximum absolute atomic E-state index is 11.9. The standard InChI is InChI=1S/C14H21NO3/c1-3-18-14(16)13-11(2)4-7-15(13)10-12-5-8-17-9-6-12/h4,7,12H,3,5-6,8-10H2,1-2H3. The lowest BCUT2D eigenvalue weighted by molar-refractivity contribution is 0.0496. The molecule has 0 spiro atoms. The van der Waals surface area contributed by atoms with Crippen LogP contribution in [0.3, 0.4) is 0 Å². The minimum Gasteiger partial charge on any atom is -0.461 e. The van der Waals surface area contributed by atoms with Gasteiger partial charge in [0.15, 0.2) is 0 Å². The first-order valence-electron chi connectivity index (χ1n) is 6.63. The van der Waals surface area contributed by atoms with Gasteiger partial charge in [0.2, 0.25) is 0 Å². The maximum Gasteiger partial charge on any atom is 0.355 e. The van der Waals surface area contributed by atoms with Gasteiger partial charge in [-0.15, -0.1) is 0 Å². The van der Waals surface area contributed by atoms with E-state index >= 15 is 0 Å². The lowest BCUT2D eigenvalue weighted by atomic mass is 10.0. The molecule has 1 aliphatic heterocycles. The van der Waals surface area contributed by atoms with Crippen LogP contribution in [-0.4, -0.2) is 30.4 Å². The highest BCUT2D eigenvalue weighted by molar-refractivity contribution is 5.89. The van der Waals surface area contributed by atoms with E-state index in [0.717, 1.165) is 38.2 Å². The predicted molar refractivity (Wildman–Crippen MR) is 68.7 cm³/mol. The van der Waals surface area contributed by atoms with Crippen molar-refractivity contribution in [3.05, 3.63) is 23.5 Å². The van der Waals surface area contributed by atoms with Crippen LogP contribution in [0.15, 0.2) is 12.3 Å². The quantitative estimate of drug-likeness (QED) is 0.771. The van der Waals surface area contributed by atoms with Crippen LogP contribution in [0.5, 0.6) is 0 Å². The smallest absolute Gasteiger partial charge is 0.355 e. The van der Waals surface area contributed by atoms with Crippen molar-refractivity contribution in [1.29, 1.82) is 0 Å². The third-order valence-electron chi connectivity index (χ3n) is 3.43. The van der Waals surface area contributed by atoms with Crippen LogP contribution >= 0.6 is 0 Å². The first kappa shape index (κ1) is 13.1. The van der Waals surface area contributed by atoms with E-state index in [1.165, 1.54) is 0 Å². The molecule has 1 fully saturated rings. The second kappa shape index (κ2) is 6.05. The zero-order chi connectivity index (χ0) is 13.0. The average Bonchev–Trinajstić information content (AvgIpc) is 2.72. The van der Waals surface area contributed by atoms with Crippen molar-refractivity contribution in [3.8, 4) is 0 Å². The van der Waals surface area contributed by atoms with E-state index in [1.54, 1.807) is 0 Å². The van der Waals surface area contributed by atoms with Crippen LogP contribution < -0.4 is 0 Å². The van der Waals surface area contributed by atoms with Crippen molar-refractivity contribution in [2.24, 2.45) is 5.92 Å². The van der Waals surface area contributed by atoms with Gasteiger partial charge < -0.3 is 14.0 Å². The number of nitrogens with zero attached hydrogens (tertiary/aromatic N) is 1. The normalized spacial score (nSPS) is 16.8. The molecule has 0 aliphatic carbocycles. The predicted octanol–water partition coefficient (Wildman–Crippen LogP) is 2.40. The molecule has 100 valence electrons. The summed E-state index contributed by atoms with van der Waals surface area (Å²) in [6.07, 6.45) is 4.12. The van der Waals surface area contributed by atoms with Crippen molar-refractivity contribution >= 4 is 5.97 Å². The van der Waals surface area contributed by atoms with Crippen molar-refractivity contribution < 1.29 is 14.3 Å². The molecule has 1 aromatic heterocycles. The van der Waals surface area contributed by atoms with Crippen LogP contribution in [0.2, 0.25) is 0 Å². The summed E-state index contributed by atoms with van der Waals surface area (Å²) in [5.41, 5.74) is 1.68. The van der Waals surface area contributed by atoms with Gasteiger partial charge in [0.05, 0.1) is 6.61 Å². The molecule has 0 saturated carbocycles. The minimum atomic E-state index is -0.216. The zero-order valence-corrected chi connectivity index (χ0v) is 11.1. The summed E-state index contributed by atoms with van der Waals surface area (Å²) in [5.74, 6) is 0.380. The van der Waals surface area contributed by atoms with E-state index in [-0.39, 0.29) is 5.97 Å². The molecule has 0 bridgehead atoms. The number of aromatic nitrogens is 1. The third kappa shape index (κ3) is 2.93. The van der Waals surface area contributed by atoms with E-state index in [2.05, 4.69) is 0 Å². The molecule has 0 N–H and O–H groups in total. The summed E-state index contributed by atoms with van der Waals surface area (Å²) in [5, 5.41) is 0. The first-order chi connectivity index (χ1) is 8.72. The SMILES string of the molecule is CCOC(=O)c1c(C)ccn1CC1CCOCC1. The van der Waals surface area contributed by atoms with Gasteiger partial charge in [-0.05, 0) is 44.2 Å². The Morgan fingerprint density at radius 1 is 1.50 bits per heavy atom. The Morgan fingerprint density at radius 2 is 2.22 bits per heavy atom. The lowest BCUT2D eigenvalue weighted by Crippen LogP contribution is -2.22. The van der Waals surface area contributed by atoms with E-state index in [4.69, 9.17) is 9.47 Å². The average molecular weight is 251 g/mol. The van der Waals surface area contributed by atoms with E-state index < -0.39 is 0 Å². The fourth-order valence-corrected chi connectivity index (χ4v) is 2.42. The highest BCUT2D eigenvalue weighted by Gasteiger charge is 2.20. The summed E-state index contributed by atoms with van der Waals surface area (Å²) in [4.78, 5) is 11.9. The van der Waals surface area contributed by atoms with E-state index in [1.807, 2.05) is 30.7 Å². The Labute approximate surface area is 108 Å². The summed E-state index contributed by atoms with van der Waals surface area (Å²) in [6.45, 7) is 6.75. The molecule has 18 heavy (non-hydrogen) atoms. The van der Waals surface area contributed by atoms with Gasteiger partial charge in [-0.2, -0.15) is 0 Å². The molecule has 0 amide bonds. The van der Waals surface area contributed by atoms with Gasteiger partial charge >= 0.3 is 5.97 Å². The van der Waals surface area contributed by atoms with Gasteiger partial charge in [0.25, 0.3) is 0 Å². The topological polar surface area (TPSA) is 40.5 Å². The summed E-state index contributed by atoms with van der Waals surface area (Å²) < 4.78 is 12.5. The van der Waals surface area contributed by atoms with Gasteiger partial charge in [-0.1, -0.05) is 0 Å². The summed E-state index contributed by atoms with van der Waals surface area (Å²) in [7, 11) is 0. The van der Waals surface area contributed by atoms with Gasteiger partial charge in [-0.3, -0.25) is 0 Å². The number of ether oxygens (including phenoxy) is 2. The Morgan fingerprint density at radius 3 is 2.89 bits per heavy atom. The Kier molecular flexibility index (Phi) is 4.42. The second-order valence-corrected chi connectivity index (χ2v) is 4.78. The molecule has 0 unspecified atom stereocenters. The molecule has 0 radical (unpaired) electrons. The fraction of sp³-hybridized carbons (Fsp3) is 0.643. The summed E-state index contributed by atoms with van der Waals surface area (Å²) in [6, 6.07) is 1.98. The lowest BCUT2D eigenvalue weighted by Gasteiger charge is -2.23. The molecule has 4 nitrogen and oxygen atoms in total. The van der Waals surface area contributed by atoms with Crippen LogP contribution in [0, 0.1) is 12.8 Å². The molecule has 1 saturated heterocycles. The molecule has 0 aromatic carbocycles. The minimum absolute atomic E-state index is 0.216. The summed E-state index contributed by atoms with van der Waals surface area (Å²) >= 11 is 0. The van der Waals surface area contributed by atoms with Crippen molar-refractivity contribution in [2.45, 2.75) is 33.2 Å². The molecule has 1 aromatic rings. The number of carbonyl (C=O) groups excluding carboxylic acids is 1. The Hall–Kier alpha value is -1.29. The maximum atomic E-state index is 11.9. The highest BCUT2D eigenvalue weighted by Crippen LogP contribution is 2.20. The van der Waals surface area contributed by atoms with Crippen molar-refractivity contribution in [1.82, 2.24) is 4.57 Å². The third-order valence-corrected chi connectivity index (χ3v) is 3.43. The van der Waals surface area contributed by atoms with Gasteiger partial charge in [0, 0.05) is 26.0 Å². The van der Waals surface area contributed by atoms with Crippen LogP contribution in [0.25, 0.3) is 0 Å². The molecule has 1 aliphatic rings. The largest absolute Gasteiger partial charge is 0.461 e. The van der Waals surface area contributed by atoms with E-state index in [9.17, 15) is 4.79 Å². The molecule has 4 heteroatoms. The van der Waals surface area contributed by atoms with E-state index in [0.29, 0.717) is 18.2 Å². The van der Waals surface area contributed by atoms with Gasteiger partial charge in [0.1, 0.15) is 5.69 Å². The molecule has 2 heterocycles. The molecule has 0 atom stereocenters. The van der Waals surface area contributed by atoms with Crippen LogP contribution in [0.4, 0.5) is 0 Å². The number of hydrogen-bond acceptors (Lipinski definition) is 3. The fourth-order valence-electron chi connectivity index (χ4n) is 2.42. The number of carbonyl (C=O) groups is 1. The second-order valence-electron chi connectivity index (χ2n) is 4.78. The monoisotopic (exact) mass is 251 g/mol. The molecular weight excluding hydrogens is 230 g/mol. The molecular formula is C14H21NO3. The number of esters is 1. The Bertz CT molecular complexity index is 405. The number of aryl methyl sites for hydroxylation is 1. The van der Waals surface area contributed by atoms with Crippen molar-refractivity contribution in [3.63, 3.8) is 0 Å². The van der Waals surface area contributed by atoms with Gasteiger partial charge in [-0.25, -0.2) is 4.79 Å². The van der Waals surface area contributed by atoms with Crippen LogP contribution in [-0.2, 0) is 16.0 Å². The van der Waals surface area contributed by atoms with Crippen molar-refractivity contribution in [2.75, 3.05) is 19.8 Å². The first-order valence-corrected chi connectivity index (χ1v) is 6.63. The number of rotatable bonds is 4. The molecule has 2 rings (SSSR count). The Balaban J connectivity index is 2.09. The zero-order valence-electron chi connectivity index (χ0n) is 11.1. The highest BCUT2D eigenvalue weighted by atomic mass is 16.5. The van der Waals surface area contributed by atoms with Crippen LogP contribution in [0.1, 0.15) is 35.8 Å².